The summed E-state index contributed by atoms with van der Waals surface area (Å²) < 4.78 is 13.6. The molecule has 1 fully saturated rings. The maximum Gasteiger partial charge on any atom is 0.223 e. The normalized spacial score (nSPS) is 16.0. The zero-order valence-electron chi connectivity index (χ0n) is 19.6. The molecule has 1 saturated heterocycles. The average molecular weight is 448 g/mol. The molecule has 172 valence electrons. The number of halogens is 1. The van der Waals surface area contributed by atoms with Crippen LogP contribution in [0, 0.1) is 5.82 Å². The van der Waals surface area contributed by atoms with Crippen molar-refractivity contribution in [2.45, 2.75) is 25.4 Å². The minimum absolute atomic E-state index is 0.0937. The summed E-state index contributed by atoms with van der Waals surface area (Å²) in [6.07, 6.45) is 0.489. The molecule has 3 aromatic rings. The predicted molar refractivity (Wildman–Crippen MR) is 128 cm³/mol. The van der Waals surface area contributed by atoms with Crippen molar-refractivity contribution in [3.63, 3.8) is 0 Å². The Kier molecular flexibility index (Phi) is 6.70. The van der Waals surface area contributed by atoms with Gasteiger partial charge in [-0.1, -0.05) is 30.3 Å². The lowest BCUT2D eigenvalue weighted by molar-refractivity contribution is -0.126. The number of hydrogen-bond acceptors (Lipinski definition) is 5. The number of carbonyl (C=O) groups excluding carboxylic acids is 1. The number of aromatic nitrogens is 2. The van der Waals surface area contributed by atoms with Gasteiger partial charge in [-0.05, 0) is 41.9 Å². The minimum atomic E-state index is -0.237. The van der Waals surface area contributed by atoms with Gasteiger partial charge < -0.3 is 9.80 Å². The zero-order chi connectivity index (χ0) is 23.5. The second kappa shape index (κ2) is 9.67. The molecule has 1 aromatic heterocycles. The first-order valence-corrected chi connectivity index (χ1v) is 11.1. The van der Waals surface area contributed by atoms with Crippen molar-refractivity contribution in [2.24, 2.45) is 0 Å². The molecule has 0 spiro atoms. The monoisotopic (exact) mass is 447 g/mol. The van der Waals surface area contributed by atoms with Crippen LogP contribution in [-0.2, 0) is 17.9 Å². The van der Waals surface area contributed by atoms with Crippen molar-refractivity contribution in [3.8, 4) is 11.1 Å². The molecule has 0 radical (unpaired) electrons. The van der Waals surface area contributed by atoms with E-state index < -0.39 is 0 Å². The summed E-state index contributed by atoms with van der Waals surface area (Å²) >= 11 is 0. The minimum Gasteiger partial charge on any atom is -0.363 e. The van der Waals surface area contributed by atoms with Crippen LogP contribution in [0.3, 0.4) is 0 Å². The van der Waals surface area contributed by atoms with E-state index in [2.05, 4.69) is 17.0 Å². The molecule has 1 amide bonds. The Morgan fingerprint density at radius 3 is 2.39 bits per heavy atom. The Hall–Kier alpha value is -3.32. The molecule has 4 rings (SSSR count). The summed E-state index contributed by atoms with van der Waals surface area (Å²) in [4.78, 5) is 27.5. The summed E-state index contributed by atoms with van der Waals surface area (Å²) in [5.41, 5.74) is 3.90. The van der Waals surface area contributed by atoms with Crippen LogP contribution in [0.1, 0.15) is 29.4 Å². The van der Waals surface area contributed by atoms with Gasteiger partial charge in [0.2, 0.25) is 5.91 Å². The van der Waals surface area contributed by atoms with Crippen molar-refractivity contribution < 1.29 is 9.18 Å². The third kappa shape index (κ3) is 5.54. The highest BCUT2D eigenvalue weighted by molar-refractivity contribution is 5.79. The number of rotatable bonds is 7. The molecular formula is C26H30FN5O. The third-order valence-electron chi connectivity index (χ3n) is 5.95. The molecule has 0 aliphatic carbocycles. The van der Waals surface area contributed by atoms with Crippen LogP contribution in [0.4, 0.5) is 10.2 Å². The second-order valence-corrected chi connectivity index (χ2v) is 9.02. The molecule has 0 bridgehead atoms. The largest absolute Gasteiger partial charge is 0.363 e. The molecule has 2 heterocycles. The standard InChI is InChI=1S/C26H30FN5O/c1-30(2)25-14-23(21-13-26(33)32(4)16-21)28-24(29-25)17-31(3)15-18-7-5-8-19(11-18)20-9-6-10-22(27)12-20/h5-12,14,21H,13,15-17H2,1-4H3/t21-/m1/s1. The number of amides is 1. The van der Waals surface area contributed by atoms with Gasteiger partial charge in [0.25, 0.3) is 0 Å². The molecule has 2 aromatic carbocycles. The molecule has 6 nitrogen and oxygen atoms in total. The lowest BCUT2D eigenvalue weighted by Crippen LogP contribution is -2.22. The van der Waals surface area contributed by atoms with Crippen molar-refractivity contribution in [3.05, 3.63) is 77.5 Å². The van der Waals surface area contributed by atoms with Crippen LogP contribution in [0.15, 0.2) is 54.6 Å². The average Bonchev–Trinajstić information content (AvgIpc) is 3.12. The summed E-state index contributed by atoms with van der Waals surface area (Å²) in [5, 5.41) is 0. The first-order chi connectivity index (χ1) is 15.8. The van der Waals surface area contributed by atoms with E-state index in [0.717, 1.165) is 34.0 Å². The Morgan fingerprint density at radius 2 is 1.73 bits per heavy atom. The fraction of sp³-hybridized carbons (Fsp3) is 0.346. The van der Waals surface area contributed by atoms with Crippen LogP contribution in [-0.4, -0.2) is 60.4 Å². The highest BCUT2D eigenvalue weighted by Gasteiger charge is 2.29. The molecule has 1 atom stereocenters. The van der Waals surface area contributed by atoms with Crippen molar-refractivity contribution in [1.82, 2.24) is 19.8 Å². The van der Waals surface area contributed by atoms with Crippen LogP contribution < -0.4 is 4.90 Å². The predicted octanol–water partition coefficient (Wildman–Crippen LogP) is 3.93. The van der Waals surface area contributed by atoms with E-state index in [9.17, 15) is 9.18 Å². The molecule has 1 aliphatic rings. The van der Waals surface area contributed by atoms with Crippen LogP contribution in [0.2, 0.25) is 0 Å². The Labute approximate surface area is 194 Å². The number of nitrogens with zero attached hydrogens (tertiary/aromatic N) is 5. The molecule has 33 heavy (non-hydrogen) atoms. The second-order valence-electron chi connectivity index (χ2n) is 9.02. The van der Waals surface area contributed by atoms with E-state index in [1.165, 1.54) is 6.07 Å². The number of benzene rings is 2. The lowest BCUT2D eigenvalue weighted by Gasteiger charge is -2.20. The first-order valence-electron chi connectivity index (χ1n) is 11.1. The maximum absolute atomic E-state index is 13.6. The van der Waals surface area contributed by atoms with E-state index in [1.807, 2.05) is 57.4 Å². The van der Waals surface area contributed by atoms with Gasteiger partial charge in [0.05, 0.1) is 12.2 Å². The fourth-order valence-electron chi connectivity index (χ4n) is 4.20. The number of hydrogen-bond donors (Lipinski definition) is 0. The van der Waals surface area contributed by atoms with Gasteiger partial charge >= 0.3 is 0 Å². The van der Waals surface area contributed by atoms with Gasteiger partial charge in [-0.15, -0.1) is 0 Å². The Morgan fingerprint density at radius 1 is 1.00 bits per heavy atom. The van der Waals surface area contributed by atoms with E-state index in [1.54, 1.807) is 17.0 Å². The van der Waals surface area contributed by atoms with Gasteiger partial charge in [-0.25, -0.2) is 14.4 Å². The number of likely N-dealkylation sites (tertiary alicyclic amines) is 1. The van der Waals surface area contributed by atoms with E-state index in [4.69, 9.17) is 9.97 Å². The van der Waals surface area contributed by atoms with E-state index in [0.29, 0.717) is 26.1 Å². The van der Waals surface area contributed by atoms with E-state index >= 15 is 0 Å². The Balaban J connectivity index is 1.51. The van der Waals surface area contributed by atoms with Crippen molar-refractivity contribution in [1.29, 1.82) is 0 Å². The highest BCUT2D eigenvalue weighted by Crippen LogP contribution is 2.28. The van der Waals surface area contributed by atoms with Gasteiger partial charge in [0.1, 0.15) is 17.5 Å². The highest BCUT2D eigenvalue weighted by atomic mass is 19.1. The smallest absolute Gasteiger partial charge is 0.223 e. The number of likely N-dealkylation sites (N-methyl/N-ethyl adjacent to an activating group) is 1. The molecule has 0 N–H and O–H groups in total. The topological polar surface area (TPSA) is 52.6 Å². The third-order valence-corrected chi connectivity index (χ3v) is 5.95. The lowest BCUT2D eigenvalue weighted by atomic mass is 10.0. The van der Waals surface area contributed by atoms with Crippen LogP contribution >= 0.6 is 0 Å². The van der Waals surface area contributed by atoms with Gasteiger partial charge in [-0.3, -0.25) is 9.69 Å². The van der Waals surface area contributed by atoms with Crippen LogP contribution in [0.25, 0.3) is 11.1 Å². The SMILES string of the molecule is CN(Cc1cccc(-c2cccc(F)c2)c1)Cc1nc([C@@H]2CC(=O)N(C)C2)cc(N(C)C)n1. The first kappa shape index (κ1) is 22.9. The van der Waals surface area contributed by atoms with Gasteiger partial charge in [0.15, 0.2) is 0 Å². The Bertz CT molecular complexity index is 1150. The summed E-state index contributed by atoms with van der Waals surface area (Å²) in [7, 11) is 7.79. The van der Waals surface area contributed by atoms with Crippen molar-refractivity contribution in [2.75, 3.05) is 39.6 Å². The molecule has 0 unspecified atom stereocenters. The number of carbonyl (C=O) groups is 1. The molecule has 7 heteroatoms. The number of anilines is 1. The summed E-state index contributed by atoms with van der Waals surface area (Å²) in [5.74, 6) is 1.59. The quantitative estimate of drug-likeness (QED) is 0.549. The van der Waals surface area contributed by atoms with Gasteiger partial charge in [0, 0.05) is 52.6 Å². The zero-order valence-corrected chi connectivity index (χ0v) is 19.6. The van der Waals surface area contributed by atoms with Crippen molar-refractivity contribution >= 4 is 11.7 Å². The molecule has 1 aliphatic heterocycles. The summed E-state index contributed by atoms with van der Waals surface area (Å²) in [6, 6.07) is 16.8. The fourth-order valence-corrected chi connectivity index (χ4v) is 4.20. The molecular weight excluding hydrogens is 417 g/mol. The van der Waals surface area contributed by atoms with Gasteiger partial charge in [-0.2, -0.15) is 0 Å². The maximum atomic E-state index is 13.6. The molecule has 0 saturated carbocycles. The van der Waals surface area contributed by atoms with Crippen LogP contribution in [0.5, 0.6) is 0 Å². The van der Waals surface area contributed by atoms with E-state index in [-0.39, 0.29) is 17.6 Å². The summed E-state index contributed by atoms with van der Waals surface area (Å²) in [6.45, 7) is 1.97.